The molecule has 0 aliphatic rings. The molecule has 88 valence electrons. The van der Waals surface area contributed by atoms with Crippen molar-refractivity contribution in [3.63, 3.8) is 0 Å². The van der Waals surface area contributed by atoms with Crippen molar-refractivity contribution < 1.29 is 9.90 Å². The molecular formula is C11H15BrN2O2. The number of nitrogens with one attached hydrogen (secondary N) is 2. The van der Waals surface area contributed by atoms with Crippen molar-refractivity contribution in [1.82, 2.24) is 10.6 Å². The van der Waals surface area contributed by atoms with Crippen molar-refractivity contribution in [1.29, 1.82) is 0 Å². The average Bonchev–Trinajstić information content (AvgIpc) is 2.28. The van der Waals surface area contributed by atoms with Gasteiger partial charge in [0.15, 0.2) is 0 Å². The minimum atomic E-state index is -0.274. The van der Waals surface area contributed by atoms with E-state index in [1.54, 1.807) is 6.92 Å². The van der Waals surface area contributed by atoms with E-state index in [9.17, 15) is 4.79 Å². The number of carbonyl (C=O) groups is 1. The van der Waals surface area contributed by atoms with Gasteiger partial charge in [0.05, 0.1) is 12.6 Å². The van der Waals surface area contributed by atoms with E-state index in [4.69, 9.17) is 5.11 Å². The summed E-state index contributed by atoms with van der Waals surface area (Å²) in [5.74, 6) is 0. The third kappa shape index (κ3) is 4.63. The number of aliphatic hydroxyl groups excluding tert-OH is 1. The maximum atomic E-state index is 11.3. The highest BCUT2D eigenvalue weighted by Crippen LogP contribution is 2.09. The SMILES string of the molecule is CC(CO)NC(=O)NCc1ccc(Br)cc1. The topological polar surface area (TPSA) is 61.4 Å². The Morgan fingerprint density at radius 1 is 1.44 bits per heavy atom. The van der Waals surface area contributed by atoms with Gasteiger partial charge in [0.2, 0.25) is 0 Å². The van der Waals surface area contributed by atoms with Gasteiger partial charge in [0.25, 0.3) is 0 Å². The lowest BCUT2D eigenvalue weighted by molar-refractivity contribution is 0.220. The Balaban J connectivity index is 2.34. The van der Waals surface area contributed by atoms with Crippen LogP contribution < -0.4 is 10.6 Å². The fourth-order valence-electron chi connectivity index (χ4n) is 1.11. The summed E-state index contributed by atoms with van der Waals surface area (Å²) in [5, 5.41) is 14.1. The van der Waals surface area contributed by atoms with Gasteiger partial charge in [-0.3, -0.25) is 0 Å². The van der Waals surface area contributed by atoms with Gasteiger partial charge in [0, 0.05) is 11.0 Å². The number of aliphatic hydroxyl groups is 1. The van der Waals surface area contributed by atoms with E-state index in [1.807, 2.05) is 24.3 Å². The largest absolute Gasteiger partial charge is 0.394 e. The zero-order valence-electron chi connectivity index (χ0n) is 9.03. The zero-order chi connectivity index (χ0) is 12.0. The number of hydrogen-bond donors (Lipinski definition) is 3. The van der Waals surface area contributed by atoms with Gasteiger partial charge < -0.3 is 15.7 Å². The van der Waals surface area contributed by atoms with Crippen LogP contribution >= 0.6 is 15.9 Å². The summed E-state index contributed by atoms with van der Waals surface area (Å²) in [5.41, 5.74) is 1.02. The molecule has 0 saturated carbocycles. The monoisotopic (exact) mass is 286 g/mol. The van der Waals surface area contributed by atoms with Gasteiger partial charge >= 0.3 is 6.03 Å². The molecule has 1 unspecified atom stereocenters. The molecular weight excluding hydrogens is 272 g/mol. The van der Waals surface area contributed by atoms with Gasteiger partial charge in [-0.1, -0.05) is 28.1 Å². The fourth-order valence-corrected chi connectivity index (χ4v) is 1.37. The molecule has 1 aromatic carbocycles. The summed E-state index contributed by atoms with van der Waals surface area (Å²) in [6.45, 7) is 2.14. The van der Waals surface area contributed by atoms with E-state index in [0.717, 1.165) is 10.0 Å². The number of rotatable bonds is 4. The number of urea groups is 1. The standard InChI is InChI=1S/C11H15BrN2O2/c1-8(7-15)14-11(16)13-6-9-2-4-10(12)5-3-9/h2-5,8,15H,6-7H2,1H3,(H2,13,14,16). The third-order valence-electron chi connectivity index (χ3n) is 2.02. The Kier molecular flexibility index (Phi) is 5.28. The first-order chi connectivity index (χ1) is 7.61. The molecule has 0 radical (unpaired) electrons. The predicted octanol–water partition coefficient (Wildman–Crippen LogP) is 1.63. The van der Waals surface area contributed by atoms with Crippen LogP contribution in [-0.4, -0.2) is 23.8 Å². The summed E-state index contributed by atoms with van der Waals surface area (Å²) in [6, 6.07) is 7.20. The number of benzene rings is 1. The van der Waals surface area contributed by atoms with Crippen LogP contribution in [0.4, 0.5) is 4.79 Å². The van der Waals surface area contributed by atoms with Crippen molar-refractivity contribution in [3.05, 3.63) is 34.3 Å². The average molecular weight is 287 g/mol. The van der Waals surface area contributed by atoms with Crippen molar-refractivity contribution in [3.8, 4) is 0 Å². The van der Waals surface area contributed by atoms with Crippen LogP contribution in [0.1, 0.15) is 12.5 Å². The minimum Gasteiger partial charge on any atom is -0.394 e. The van der Waals surface area contributed by atoms with Crippen LogP contribution in [0.5, 0.6) is 0 Å². The maximum Gasteiger partial charge on any atom is 0.315 e. The molecule has 1 atom stereocenters. The first-order valence-electron chi connectivity index (χ1n) is 5.01. The lowest BCUT2D eigenvalue weighted by atomic mass is 10.2. The molecule has 0 bridgehead atoms. The molecule has 2 amide bonds. The molecule has 1 rings (SSSR count). The summed E-state index contributed by atoms with van der Waals surface area (Å²) in [4.78, 5) is 11.3. The van der Waals surface area contributed by atoms with E-state index < -0.39 is 0 Å². The normalized spacial score (nSPS) is 11.9. The first kappa shape index (κ1) is 13.0. The maximum absolute atomic E-state index is 11.3. The van der Waals surface area contributed by atoms with Gasteiger partial charge in [-0.2, -0.15) is 0 Å². The molecule has 4 nitrogen and oxygen atoms in total. The summed E-state index contributed by atoms with van der Waals surface area (Å²) >= 11 is 3.34. The molecule has 0 aliphatic carbocycles. The quantitative estimate of drug-likeness (QED) is 0.788. The molecule has 0 spiro atoms. The summed E-state index contributed by atoms with van der Waals surface area (Å²) in [7, 11) is 0. The highest BCUT2D eigenvalue weighted by atomic mass is 79.9. The van der Waals surface area contributed by atoms with Crippen molar-refractivity contribution in [2.75, 3.05) is 6.61 Å². The number of halogens is 1. The van der Waals surface area contributed by atoms with Gasteiger partial charge in [0.1, 0.15) is 0 Å². The summed E-state index contributed by atoms with van der Waals surface area (Å²) in [6.07, 6.45) is 0. The van der Waals surface area contributed by atoms with Crippen LogP contribution in [0, 0.1) is 0 Å². The Bertz CT molecular complexity index is 340. The van der Waals surface area contributed by atoms with Crippen LogP contribution in [0.15, 0.2) is 28.7 Å². The molecule has 1 aromatic rings. The fraction of sp³-hybridized carbons (Fsp3) is 0.364. The molecule has 0 aliphatic heterocycles. The molecule has 0 saturated heterocycles. The Morgan fingerprint density at radius 2 is 2.06 bits per heavy atom. The van der Waals surface area contributed by atoms with E-state index >= 15 is 0 Å². The van der Waals surface area contributed by atoms with Crippen LogP contribution in [0.3, 0.4) is 0 Å². The van der Waals surface area contributed by atoms with Crippen LogP contribution in [-0.2, 0) is 6.54 Å². The van der Waals surface area contributed by atoms with E-state index in [0.29, 0.717) is 6.54 Å². The van der Waals surface area contributed by atoms with Crippen LogP contribution in [0.25, 0.3) is 0 Å². The highest BCUT2D eigenvalue weighted by Gasteiger charge is 2.04. The first-order valence-corrected chi connectivity index (χ1v) is 5.81. The van der Waals surface area contributed by atoms with Crippen molar-refractivity contribution >= 4 is 22.0 Å². The lowest BCUT2D eigenvalue weighted by Crippen LogP contribution is -2.41. The Hall–Kier alpha value is -1.07. The number of carbonyl (C=O) groups excluding carboxylic acids is 1. The van der Waals surface area contributed by atoms with Gasteiger partial charge in [-0.25, -0.2) is 4.79 Å². The number of amides is 2. The lowest BCUT2D eigenvalue weighted by Gasteiger charge is -2.11. The van der Waals surface area contributed by atoms with Crippen molar-refractivity contribution in [2.45, 2.75) is 19.5 Å². The Labute approximate surface area is 103 Å². The molecule has 3 N–H and O–H groups in total. The van der Waals surface area contributed by atoms with E-state index in [1.165, 1.54) is 0 Å². The van der Waals surface area contributed by atoms with Gasteiger partial charge in [-0.05, 0) is 24.6 Å². The highest BCUT2D eigenvalue weighted by molar-refractivity contribution is 9.10. The second-order valence-corrected chi connectivity index (χ2v) is 4.45. The third-order valence-corrected chi connectivity index (χ3v) is 2.55. The molecule has 0 heterocycles. The second kappa shape index (κ2) is 6.50. The molecule has 5 heteroatoms. The minimum absolute atomic E-state index is 0.0638. The summed E-state index contributed by atoms with van der Waals surface area (Å²) < 4.78 is 1.01. The van der Waals surface area contributed by atoms with Gasteiger partial charge in [-0.15, -0.1) is 0 Å². The second-order valence-electron chi connectivity index (χ2n) is 3.54. The molecule has 0 fully saturated rings. The zero-order valence-corrected chi connectivity index (χ0v) is 10.6. The smallest absolute Gasteiger partial charge is 0.315 e. The van der Waals surface area contributed by atoms with Crippen molar-refractivity contribution in [2.24, 2.45) is 0 Å². The number of hydrogen-bond acceptors (Lipinski definition) is 2. The van der Waals surface area contributed by atoms with E-state index in [-0.39, 0.29) is 18.7 Å². The molecule has 0 aromatic heterocycles. The van der Waals surface area contributed by atoms with E-state index in [2.05, 4.69) is 26.6 Å². The van der Waals surface area contributed by atoms with Crippen LogP contribution in [0.2, 0.25) is 0 Å². The predicted molar refractivity (Wildman–Crippen MR) is 66.1 cm³/mol. The molecule has 16 heavy (non-hydrogen) atoms. The Morgan fingerprint density at radius 3 is 2.62 bits per heavy atom.